The van der Waals surface area contributed by atoms with Crippen molar-refractivity contribution in [3.63, 3.8) is 0 Å². The van der Waals surface area contributed by atoms with Crippen LogP contribution in [0.3, 0.4) is 0 Å². The van der Waals surface area contributed by atoms with Gasteiger partial charge in [-0.2, -0.15) is 5.10 Å². The first-order chi connectivity index (χ1) is 10.8. The third-order valence-corrected chi connectivity index (χ3v) is 4.11. The highest BCUT2D eigenvalue weighted by atomic mass is 19.1. The predicted octanol–water partition coefficient (Wildman–Crippen LogP) is 2.58. The molecule has 1 aliphatic heterocycles. The van der Waals surface area contributed by atoms with E-state index in [0.29, 0.717) is 0 Å². The lowest BCUT2D eigenvalue weighted by Gasteiger charge is -2.36. The minimum absolute atomic E-state index is 0.168. The van der Waals surface area contributed by atoms with Crippen molar-refractivity contribution in [3.05, 3.63) is 53.6 Å². The number of halogens is 1. The maximum absolute atomic E-state index is 13.5. The van der Waals surface area contributed by atoms with Crippen LogP contribution >= 0.6 is 0 Å². The van der Waals surface area contributed by atoms with Crippen LogP contribution in [0.1, 0.15) is 30.5 Å². The number of aryl methyl sites for hydroxylation is 1. The number of nitrogens with zero attached hydrogens (tertiary/aromatic N) is 3. The van der Waals surface area contributed by atoms with E-state index in [-0.39, 0.29) is 11.9 Å². The highest BCUT2D eigenvalue weighted by Crippen LogP contribution is 2.24. The molecular weight excluding hydrogens is 279 g/mol. The Hall–Kier alpha value is -1.72. The van der Waals surface area contributed by atoms with Gasteiger partial charge in [-0.25, -0.2) is 4.39 Å². The van der Waals surface area contributed by atoms with Crippen molar-refractivity contribution in [2.24, 2.45) is 0 Å². The molecule has 4 nitrogen and oxygen atoms in total. The van der Waals surface area contributed by atoms with Crippen LogP contribution in [0.15, 0.2) is 36.7 Å². The van der Waals surface area contributed by atoms with Gasteiger partial charge in [-0.15, -0.1) is 0 Å². The summed E-state index contributed by atoms with van der Waals surface area (Å²) in [5.41, 5.74) is 2.25. The zero-order valence-corrected chi connectivity index (χ0v) is 13.0. The molecule has 0 bridgehead atoms. The van der Waals surface area contributed by atoms with Crippen molar-refractivity contribution >= 4 is 0 Å². The van der Waals surface area contributed by atoms with Crippen molar-refractivity contribution in [1.29, 1.82) is 0 Å². The monoisotopic (exact) mass is 302 g/mol. The van der Waals surface area contributed by atoms with Crippen LogP contribution < -0.4 is 5.32 Å². The molecule has 1 aromatic carbocycles. The van der Waals surface area contributed by atoms with Gasteiger partial charge < -0.3 is 5.32 Å². The van der Waals surface area contributed by atoms with Crippen LogP contribution in [0.25, 0.3) is 0 Å². The van der Waals surface area contributed by atoms with Gasteiger partial charge >= 0.3 is 0 Å². The predicted molar refractivity (Wildman–Crippen MR) is 84.9 cm³/mol. The number of hydrogen-bond acceptors (Lipinski definition) is 3. The van der Waals surface area contributed by atoms with Crippen LogP contribution in [-0.4, -0.2) is 34.3 Å². The quantitative estimate of drug-likeness (QED) is 0.921. The zero-order valence-electron chi connectivity index (χ0n) is 13.0. The van der Waals surface area contributed by atoms with Gasteiger partial charge in [0.25, 0.3) is 0 Å². The maximum atomic E-state index is 13.5. The average molecular weight is 302 g/mol. The molecule has 1 N–H and O–H groups in total. The zero-order chi connectivity index (χ0) is 15.4. The van der Waals surface area contributed by atoms with E-state index in [0.717, 1.165) is 44.7 Å². The molecule has 1 fully saturated rings. The first-order valence-electron chi connectivity index (χ1n) is 7.98. The highest BCUT2D eigenvalue weighted by molar-refractivity contribution is 5.21. The molecule has 1 saturated heterocycles. The number of aromatic nitrogens is 2. The summed E-state index contributed by atoms with van der Waals surface area (Å²) in [5.74, 6) is -0.168. The minimum Gasteiger partial charge on any atom is -0.314 e. The molecule has 1 aliphatic rings. The summed E-state index contributed by atoms with van der Waals surface area (Å²) in [6.07, 6.45) is 5.15. The standard InChI is InChI=1S/C17H23FN4/c1-2-7-22-13-14(10-20-22)12-21-8-6-19-11-17(21)15-4-3-5-16(18)9-15/h3-5,9-10,13,17,19H,2,6-8,11-12H2,1H3. The van der Waals surface area contributed by atoms with Crippen molar-refractivity contribution in [2.45, 2.75) is 32.5 Å². The van der Waals surface area contributed by atoms with E-state index >= 15 is 0 Å². The topological polar surface area (TPSA) is 33.1 Å². The molecule has 0 saturated carbocycles. The summed E-state index contributed by atoms with van der Waals surface area (Å²) in [7, 11) is 0. The molecule has 1 unspecified atom stereocenters. The van der Waals surface area contributed by atoms with Gasteiger partial charge in [0, 0.05) is 50.5 Å². The lowest BCUT2D eigenvalue weighted by atomic mass is 10.0. The SMILES string of the molecule is CCCn1cc(CN2CCNCC2c2cccc(F)c2)cn1. The average Bonchev–Trinajstić information content (AvgIpc) is 2.95. The Morgan fingerprint density at radius 1 is 1.41 bits per heavy atom. The number of rotatable bonds is 5. The molecule has 3 rings (SSSR count). The number of piperazine rings is 1. The second-order valence-electron chi connectivity index (χ2n) is 5.86. The van der Waals surface area contributed by atoms with E-state index in [2.05, 4.69) is 28.4 Å². The van der Waals surface area contributed by atoms with Gasteiger partial charge in [0.1, 0.15) is 5.82 Å². The van der Waals surface area contributed by atoms with E-state index in [1.807, 2.05) is 16.9 Å². The van der Waals surface area contributed by atoms with Crippen molar-refractivity contribution in [3.8, 4) is 0 Å². The molecule has 5 heteroatoms. The molecule has 2 heterocycles. The lowest BCUT2D eigenvalue weighted by Crippen LogP contribution is -2.45. The van der Waals surface area contributed by atoms with E-state index in [1.54, 1.807) is 12.1 Å². The first-order valence-corrected chi connectivity index (χ1v) is 7.98. The van der Waals surface area contributed by atoms with Crippen LogP contribution in [0.5, 0.6) is 0 Å². The molecule has 0 aliphatic carbocycles. The fourth-order valence-electron chi connectivity index (χ4n) is 3.05. The fraction of sp³-hybridized carbons (Fsp3) is 0.471. The van der Waals surface area contributed by atoms with Crippen LogP contribution in [0, 0.1) is 5.82 Å². The summed E-state index contributed by atoms with van der Waals surface area (Å²) < 4.78 is 15.5. The molecule has 0 amide bonds. The van der Waals surface area contributed by atoms with Crippen molar-refractivity contribution < 1.29 is 4.39 Å². The second-order valence-corrected chi connectivity index (χ2v) is 5.86. The fourth-order valence-corrected chi connectivity index (χ4v) is 3.05. The highest BCUT2D eigenvalue weighted by Gasteiger charge is 2.24. The van der Waals surface area contributed by atoms with Gasteiger partial charge in [-0.05, 0) is 24.1 Å². The molecule has 118 valence electrons. The molecule has 22 heavy (non-hydrogen) atoms. The van der Waals surface area contributed by atoms with Crippen LogP contribution in [-0.2, 0) is 13.1 Å². The summed E-state index contributed by atoms with van der Waals surface area (Å²) in [4.78, 5) is 2.40. The van der Waals surface area contributed by atoms with Crippen LogP contribution in [0.4, 0.5) is 4.39 Å². The van der Waals surface area contributed by atoms with E-state index in [4.69, 9.17) is 0 Å². The molecule has 2 aromatic rings. The Balaban J connectivity index is 1.74. The van der Waals surface area contributed by atoms with Gasteiger partial charge in [0.05, 0.1) is 6.20 Å². The molecular formula is C17H23FN4. The van der Waals surface area contributed by atoms with Crippen molar-refractivity contribution in [1.82, 2.24) is 20.0 Å². The normalized spacial score (nSPS) is 19.5. The number of nitrogens with one attached hydrogen (secondary N) is 1. The largest absolute Gasteiger partial charge is 0.314 e. The Labute approximate surface area is 130 Å². The Morgan fingerprint density at radius 3 is 3.14 bits per heavy atom. The third-order valence-electron chi connectivity index (χ3n) is 4.11. The summed E-state index contributed by atoms with van der Waals surface area (Å²) in [6, 6.07) is 7.15. The van der Waals surface area contributed by atoms with Crippen LogP contribution in [0.2, 0.25) is 0 Å². The number of benzene rings is 1. The molecule has 1 aromatic heterocycles. The van der Waals surface area contributed by atoms with E-state index < -0.39 is 0 Å². The van der Waals surface area contributed by atoms with Gasteiger partial charge in [0.15, 0.2) is 0 Å². The maximum Gasteiger partial charge on any atom is 0.123 e. The molecule has 1 atom stereocenters. The first kappa shape index (κ1) is 15.2. The Bertz CT molecular complexity index is 610. The summed E-state index contributed by atoms with van der Waals surface area (Å²) in [5, 5.41) is 7.81. The van der Waals surface area contributed by atoms with Gasteiger partial charge in [-0.3, -0.25) is 9.58 Å². The van der Waals surface area contributed by atoms with Crippen molar-refractivity contribution in [2.75, 3.05) is 19.6 Å². The summed E-state index contributed by atoms with van der Waals surface area (Å²) in [6.45, 7) is 6.74. The third kappa shape index (κ3) is 3.54. The summed E-state index contributed by atoms with van der Waals surface area (Å²) >= 11 is 0. The van der Waals surface area contributed by atoms with E-state index in [9.17, 15) is 4.39 Å². The molecule has 0 radical (unpaired) electrons. The smallest absolute Gasteiger partial charge is 0.123 e. The number of hydrogen-bond donors (Lipinski definition) is 1. The molecule has 0 spiro atoms. The van der Waals surface area contributed by atoms with Gasteiger partial charge in [0.2, 0.25) is 0 Å². The Kier molecular flexibility index (Phi) is 4.85. The van der Waals surface area contributed by atoms with E-state index in [1.165, 1.54) is 11.6 Å². The second kappa shape index (κ2) is 7.03. The lowest BCUT2D eigenvalue weighted by molar-refractivity contribution is 0.153. The van der Waals surface area contributed by atoms with Gasteiger partial charge in [-0.1, -0.05) is 19.1 Å². The Morgan fingerprint density at radius 2 is 2.32 bits per heavy atom. The minimum atomic E-state index is -0.168.